The SMILES string of the molecule is CC(O)c1cn(CC(=O)N(C)C(C)C)nn1. The molecular weight excluding hydrogens is 208 g/mol. The van der Waals surface area contributed by atoms with Gasteiger partial charge >= 0.3 is 0 Å². The van der Waals surface area contributed by atoms with Crippen LogP contribution in [0.5, 0.6) is 0 Å². The maximum atomic E-state index is 11.7. The Morgan fingerprint density at radius 3 is 2.62 bits per heavy atom. The summed E-state index contributed by atoms with van der Waals surface area (Å²) in [6, 6.07) is 0.159. The molecular formula is C10H18N4O2. The molecule has 0 spiro atoms. The van der Waals surface area contributed by atoms with Gasteiger partial charge in [-0.05, 0) is 20.8 Å². The van der Waals surface area contributed by atoms with E-state index in [0.29, 0.717) is 5.69 Å². The standard InChI is InChI=1S/C10H18N4O2/c1-7(2)13(4)10(16)6-14-5-9(8(3)15)11-12-14/h5,7-8,15H,6H2,1-4H3. The second kappa shape index (κ2) is 5.07. The average molecular weight is 226 g/mol. The highest BCUT2D eigenvalue weighted by Gasteiger charge is 2.14. The predicted octanol–water partition coefficient (Wildman–Crippen LogP) is 0.198. The monoisotopic (exact) mass is 226 g/mol. The number of hydrogen-bond acceptors (Lipinski definition) is 4. The van der Waals surface area contributed by atoms with Crippen molar-refractivity contribution in [3.63, 3.8) is 0 Å². The van der Waals surface area contributed by atoms with Crippen molar-refractivity contribution >= 4 is 5.91 Å². The van der Waals surface area contributed by atoms with E-state index in [1.165, 1.54) is 4.68 Å². The first-order chi connectivity index (χ1) is 7.41. The lowest BCUT2D eigenvalue weighted by atomic mass is 10.3. The summed E-state index contributed by atoms with van der Waals surface area (Å²) in [5, 5.41) is 16.8. The minimum Gasteiger partial charge on any atom is -0.387 e. The third kappa shape index (κ3) is 3.03. The molecule has 1 N–H and O–H groups in total. The van der Waals surface area contributed by atoms with Crippen LogP contribution in [0.4, 0.5) is 0 Å². The van der Waals surface area contributed by atoms with Gasteiger partial charge in [0.2, 0.25) is 5.91 Å². The fourth-order valence-electron chi connectivity index (χ4n) is 1.12. The quantitative estimate of drug-likeness (QED) is 0.796. The van der Waals surface area contributed by atoms with E-state index in [4.69, 9.17) is 0 Å². The Morgan fingerprint density at radius 2 is 2.19 bits per heavy atom. The summed E-state index contributed by atoms with van der Waals surface area (Å²) in [5.41, 5.74) is 0.472. The molecule has 0 radical (unpaired) electrons. The van der Waals surface area contributed by atoms with Crippen molar-refractivity contribution in [2.45, 2.75) is 39.5 Å². The lowest BCUT2D eigenvalue weighted by Crippen LogP contribution is -2.35. The van der Waals surface area contributed by atoms with Gasteiger partial charge in [0, 0.05) is 13.1 Å². The fourth-order valence-corrected chi connectivity index (χ4v) is 1.12. The van der Waals surface area contributed by atoms with Crippen LogP contribution < -0.4 is 0 Å². The zero-order valence-corrected chi connectivity index (χ0v) is 10.1. The van der Waals surface area contributed by atoms with Crippen LogP contribution in [0.25, 0.3) is 0 Å². The first kappa shape index (κ1) is 12.6. The molecule has 1 aromatic rings. The van der Waals surface area contributed by atoms with E-state index in [-0.39, 0.29) is 18.5 Å². The average Bonchev–Trinajstić information content (AvgIpc) is 2.64. The Balaban J connectivity index is 2.63. The minimum absolute atomic E-state index is 0.0305. The van der Waals surface area contributed by atoms with Crippen molar-refractivity contribution in [2.24, 2.45) is 0 Å². The molecule has 1 amide bonds. The number of aliphatic hydroxyl groups excluding tert-OH is 1. The summed E-state index contributed by atoms with van der Waals surface area (Å²) in [4.78, 5) is 13.4. The van der Waals surface area contributed by atoms with Gasteiger partial charge in [0.15, 0.2) is 0 Å². The van der Waals surface area contributed by atoms with Crippen LogP contribution in [0, 0.1) is 0 Å². The third-order valence-electron chi connectivity index (χ3n) is 2.45. The van der Waals surface area contributed by atoms with E-state index in [1.54, 1.807) is 25.1 Å². The maximum Gasteiger partial charge on any atom is 0.244 e. The van der Waals surface area contributed by atoms with Crippen LogP contribution in [-0.2, 0) is 11.3 Å². The van der Waals surface area contributed by atoms with E-state index in [2.05, 4.69) is 10.3 Å². The Labute approximate surface area is 94.9 Å². The van der Waals surface area contributed by atoms with Gasteiger partial charge in [-0.15, -0.1) is 5.10 Å². The number of amides is 1. The number of likely N-dealkylation sites (N-methyl/N-ethyl adjacent to an activating group) is 1. The van der Waals surface area contributed by atoms with Crippen molar-refractivity contribution in [2.75, 3.05) is 7.05 Å². The van der Waals surface area contributed by atoms with E-state index >= 15 is 0 Å². The zero-order valence-electron chi connectivity index (χ0n) is 10.1. The van der Waals surface area contributed by atoms with Gasteiger partial charge in [0.05, 0.1) is 12.3 Å². The van der Waals surface area contributed by atoms with Gasteiger partial charge in [0.25, 0.3) is 0 Å². The maximum absolute atomic E-state index is 11.7. The number of aliphatic hydroxyl groups is 1. The van der Waals surface area contributed by atoms with E-state index in [1.807, 2.05) is 13.8 Å². The molecule has 0 saturated carbocycles. The summed E-state index contributed by atoms with van der Waals surface area (Å²) in [6.45, 7) is 5.64. The molecule has 90 valence electrons. The summed E-state index contributed by atoms with van der Waals surface area (Å²) in [5.74, 6) is -0.0305. The number of hydrogen-bond donors (Lipinski definition) is 1. The van der Waals surface area contributed by atoms with Gasteiger partial charge in [-0.2, -0.15) is 0 Å². The lowest BCUT2D eigenvalue weighted by molar-refractivity contribution is -0.132. The summed E-state index contributed by atoms with van der Waals surface area (Å²) in [6.07, 6.45) is 0.920. The molecule has 0 bridgehead atoms. The number of nitrogens with zero attached hydrogens (tertiary/aromatic N) is 4. The highest BCUT2D eigenvalue weighted by atomic mass is 16.3. The van der Waals surface area contributed by atoms with Crippen LogP contribution in [0.3, 0.4) is 0 Å². The predicted molar refractivity (Wildman–Crippen MR) is 58.6 cm³/mol. The molecule has 6 nitrogen and oxygen atoms in total. The van der Waals surface area contributed by atoms with Gasteiger partial charge < -0.3 is 10.0 Å². The first-order valence-electron chi connectivity index (χ1n) is 5.25. The van der Waals surface area contributed by atoms with E-state index in [0.717, 1.165) is 0 Å². The molecule has 0 aliphatic rings. The molecule has 0 aliphatic heterocycles. The first-order valence-corrected chi connectivity index (χ1v) is 5.25. The second-order valence-electron chi connectivity index (χ2n) is 4.12. The number of carbonyl (C=O) groups is 1. The molecule has 1 rings (SSSR count). The Bertz CT molecular complexity index is 359. The van der Waals surface area contributed by atoms with E-state index in [9.17, 15) is 9.90 Å². The molecule has 1 atom stereocenters. The van der Waals surface area contributed by atoms with Crippen LogP contribution in [0.2, 0.25) is 0 Å². The lowest BCUT2D eigenvalue weighted by Gasteiger charge is -2.21. The molecule has 16 heavy (non-hydrogen) atoms. The van der Waals surface area contributed by atoms with Crippen LogP contribution in [0.15, 0.2) is 6.20 Å². The fraction of sp³-hybridized carbons (Fsp3) is 0.700. The largest absolute Gasteiger partial charge is 0.387 e. The van der Waals surface area contributed by atoms with Crippen LogP contribution in [0.1, 0.15) is 32.6 Å². The van der Waals surface area contributed by atoms with Crippen LogP contribution in [-0.4, -0.2) is 44.0 Å². The summed E-state index contributed by atoms with van der Waals surface area (Å²) < 4.78 is 1.43. The van der Waals surface area contributed by atoms with Gasteiger partial charge in [-0.25, -0.2) is 4.68 Å². The zero-order chi connectivity index (χ0) is 12.3. The van der Waals surface area contributed by atoms with Crippen LogP contribution >= 0.6 is 0 Å². The number of carbonyl (C=O) groups excluding carboxylic acids is 1. The van der Waals surface area contributed by atoms with E-state index < -0.39 is 6.10 Å². The molecule has 0 aliphatic carbocycles. The highest BCUT2D eigenvalue weighted by Crippen LogP contribution is 2.06. The molecule has 1 heterocycles. The normalized spacial score (nSPS) is 12.9. The smallest absolute Gasteiger partial charge is 0.244 e. The van der Waals surface area contributed by atoms with Crippen molar-refractivity contribution in [1.82, 2.24) is 19.9 Å². The van der Waals surface area contributed by atoms with Crippen molar-refractivity contribution < 1.29 is 9.90 Å². The molecule has 1 unspecified atom stereocenters. The summed E-state index contributed by atoms with van der Waals surface area (Å²) in [7, 11) is 1.75. The van der Waals surface area contributed by atoms with Crippen molar-refractivity contribution in [1.29, 1.82) is 0 Å². The van der Waals surface area contributed by atoms with Crippen molar-refractivity contribution in [3.8, 4) is 0 Å². The van der Waals surface area contributed by atoms with Crippen molar-refractivity contribution in [3.05, 3.63) is 11.9 Å². The minimum atomic E-state index is -0.660. The highest BCUT2D eigenvalue weighted by molar-refractivity contribution is 5.75. The van der Waals surface area contributed by atoms with Gasteiger partial charge in [-0.1, -0.05) is 5.21 Å². The molecule has 0 aromatic carbocycles. The van der Waals surface area contributed by atoms with Gasteiger partial charge in [0.1, 0.15) is 12.2 Å². The summed E-state index contributed by atoms with van der Waals surface area (Å²) >= 11 is 0. The number of aromatic nitrogens is 3. The molecule has 0 fully saturated rings. The molecule has 6 heteroatoms. The molecule has 0 saturated heterocycles. The Hall–Kier alpha value is -1.43. The van der Waals surface area contributed by atoms with Gasteiger partial charge in [-0.3, -0.25) is 4.79 Å². The number of rotatable bonds is 4. The molecule has 1 aromatic heterocycles. The Kier molecular flexibility index (Phi) is 4.00. The topological polar surface area (TPSA) is 71.2 Å². The second-order valence-corrected chi connectivity index (χ2v) is 4.12. The Morgan fingerprint density at radius 1 is 1.56 bits per heavy atom. The third-order valence-corrected chi connectivity index (χ3v) is 2.45.